The Labute approximate surface area is 123 Å². The normalized spacial score (nSPS) is 10.8. The first-order valence-corrected chi connectivity index (χ1v) is 6.99. The van der Waals surface area contributed by atoms with Gasteiger partial charge in [-0.05, 0) is 16.8 Å². The van der Waals surface area contributed by atoms with Crippen molar-refractivity contribution >= 4 is 45.4 Å². The lowest BCUT2D eigenvalue weighted by atomic mass is 10.1. The third-order valence-corrected chi connectivity index (χ3v) is 4.36. The van der Waals surface area contributed by atoms with Crippen LogP contribution in [-0.4, -0.2) is 16.1 Å². The first-order valence-electron chi connectivity index (χ1n) is 5.74. The maximum Gasteiger partial charge on any atom is 0.356 e. The second-order valence-corrected chi connectivity index (χ2v) is 5.47. The van der Waals surface area contributed by atoms with E-state index >= 15 is 0 Å². The van der Waals surface area contributed by atoms with Crippen LogP contribution in [0.4, 0.5) is 5.69 Å². The number of rotatable bonds is 2. The maximum absolute atomic E-state index is 11.2. The van der Waals surface area contributed by atoms with Crippen molar-refractivity contribution in [2.75, 3.05) is 5.73 Å². The van der Waals surface area contributed by atoms with E-state index < -0.39 is 5.97 Å². The number of nitrogens with two attached hydrogens (primary N) is 1. The molecule has 100 valence electrons. The quantitative estimate of drug-likeness (QED) is 0.753. The van der Waals surface area contributed by atoms with Gasteiger partial charge in [0.1, 0.15) is 0 Å². The van der Waals surface area contributed by atoms with Gasteiger partial charge in [0, 0.05) is 5.39 Å². The zero-order valence-electron chi connectivity index (χ0n) is 10.1. The molecule has 0 aliphatic heterocycles. The van der Waals surface area contributed by atoms with E-state index in [2.05, 4.69) is 4.98 Å². The van der Waals surface area contributed by atoms with Crippen LogP contribution >= 0.6 is 22.9 Å². The number of carboxylic acids is 1. The van der Waals surface area contributed by atoms with Crippen molar-refractivity contribution in [3.63, 3.8) is 0 Å². The summed E-state index contributed by atoms with van der Waals surface area (Å²) in [5.74, 6) is -1.19. The molecule has 4 nitrogen and oxygen atoms in total. The molecule has 0 fully saturated rings. The fourth-order valence-electron chi connectivity index (χ4n) is 2.00. The molecule has 0 unspecified atom stereocenters. The van der Waals surface area contributed by atoms with Crippen molar-refractivity contribution in [2.45, 2.75) is 0 Å². The number of pyridine rings is 1. The van der Waals surface area contributed by atoms with Gasteiger partial charge >= 0.3 is 5.97 Å². The average Bonchev–Trinajstić information content (AvgIpc) is 2.85. The third kappa shape index (κ3) is 2.01. The highest BCUT2D eigenvalue weighted by Crippen LogP contribution is 2.36. The predicted molar refractivity (Wildman–Crippen MR) is 81.4 cm³/mol. The number of nitrogens with zero attached hydrogens (tertiary/aromatic N) is 1. The summed E-state index contributed by atoms with van der Waals surface area (Å²) in [7, 11) is 0. The zero-order chi connectivity index (χ0) is 14.3. The highest BCUT2D eigenvalue weighted by Gasteiger charge is 2.17. The van der Waals surface area contributed by atoms with E-state index in [0.717, 1.165) is 15.6 Å². The molecule has 0 atom stereocenters. The Morgan fingerprint density at radius 1 is 1.35 bits per heavy atom. The molecule has 0 bridgehead atoms. The fourth-order valence-corrected chi connectivity index (χ4v) is 3.16. The minimum absolute atomic E-state index is 0.0258. The van der Waals surface area contributed by atoms with Gasteiger partial charge in [0.05, 0.1) is 21.3 Å². The molecule has 2 aromatic heterocycles. The summed E-state index contributed by atoms with van der Waals surface area (Å²) in [6.07, 6.45) is 0. The number of hydrogen-bond acceptors (Lipinski definition) is 4. The first-order chi connectivity index (χ1) is 9.58. The molecule has 0 saturated carbocycles. The van der Waals surface area contributed by atoms with E-state index in [1.807, 2.05) is 29.6 Å². The maximum atomic E-state index is 11.2. The van der Waals surface area contributed by atoms with Gasteiger partial charge in [0.2, 0.25) is 0 Å². The number of fused-ring (bicyclic) bond motifs is 1. The number of carboxylic acid groups (broad SMARTS) is 1. The minimum Gasteiger partial charge on any atom is -0.476 e. The molecule has 0 aliphatic rings. The first kappa shape index (κ1) is 12.9. The topological polar surface area (TPSA) is 76.2 Å². The predicted octanol–water partition coefficient (Wildman–Crippen LogP) is 3.90. The van der Waals surface area contributed by atoms with Gasteiger partial charge in [-0.1, -0.05) is 35.9 Å². The van der Waals surface area contributed by atoms with Gasteiger partial charge in [-0.25, -0.2) is 9.78 Å². The van der Waals surface area contributed by atoms with E-state index in [1.54, 1.807) is 6.07 Å². The Hall–Kier alpha value is -2.11. The van der Waals surface area contributed by atoms with Crippen LogP contribution in [-0.2, 0) is 0 Å². The fraction of sp³-hybridized carbons (Fsp3) is 0. The Morgan fingerprint density at radius 3 is 2.85 bits per heavy atom. The molecule has 3 N–H and O–H groups in total. The van der Waals surface area contributed by atoms with Crippen molar-refractivity contribution in [2.24, 2.45) is 0 Å². The molecule has 2 heterocycles. The summed E-state index contributed by atoms with van der Waals surface area (Å²) < 4.78 is 0. The number of aromatic carboxylic acids is 1. The molecular weight excluding hydrogens is 296 g/mol. The van der Waals surface area contributed by atoms with Crippen molar-refractivity contribution in [1.29, 1.82) is 0 Å². The van der Waals surface area contributed by atoms with Crippen LogP contribution in [0, 0.1) is 0 Å². The monoisotopic (exact) mass is 304 g/mol. The van der Waals surface area contributed by atoms with Crippen LogP contribution in [0.25, 0.3) is 21.3 Å². The van der Waals surface area contributed by atoms with Crippen LogP contribution in [0.1, 0.15) is 10.5 Å². The lowest BCUT2D eigenvalue weighted by Crippen LogP contribution is -2.05. The summed E-state index contributed by atoms with van der Waals surface area (Å²) in [4.78, 5) is 16.2. The summed E-state index contributed by atoms with van der Waals surface area (Å²) in [5, 5.41) is 13.2. The van der Waals surface area contributed by atoms with Crippen molar-refractivity contribution in [1.82, 2.24) is 4.98 Å². The molecule has 1 aromatic carbocycles. The van der Waals surface area contributed by atoms with Crippen molar-refractivity contribution < 1.29 is 9.90 Å². The van der Waals surface area contributed by atoms with Crippen molar-refractivity contribution in [3.05, 3.63) is 46.4 Å². The van der Waals surface area contributed by atoms with E-state index in [9.17, 15) is 4.79 Å². The molecule has 0 radical (unpaired) electrons. The molecule has 0 saturated heterocycles. The molecule has 20 heavy (non-hydrogen) atoms. The van der Waals surface area contributed by atoms with Crippen LogP contribution in [0.5, 0.6) is 0 Å². The highest BCUT2D eigenvalue weighted by atomic mass is 35.5. The Bertz CT molecular complexity index is 829. The number of nitrogen functional groups attached to an aromatic ring is 1. The molecule has 0 aliphatic carbocycles. The molecular formula is C14H9ClN2O2S. The van der Waals surface area contributed by atoms with Crippen LogP contribution < -0.4 is 5.73 Å². The second-order valence-electron chi connectivity index (χ2n) is 4.22. The molecule has 3 rings (SSSR count). The molecule has 6 heteroatoms. The molecule has 0 amide bonds. The van der Waals surface area contributed by atoms with E-state index in [4.69, 9.17) is 22.4 Å². The minimum atomic E-state index is -1.19. The highest BCUT2D eigenvalue weighted by molar-refractivity contribution is 7.15. The summed E-state index contributed by atoms with van der Waals surface area (Å²) in [5.41, 5.74) is 6.29. The van der Waals surface area contributed by atoms with Crippen LogP contribution in [0.15, 0.2) is 35.7 Å². The largest absolute Gasteiger partial charge is 0.476 e. The number of aromatic nitrogens is 1. The van der Waals surface area contributed by atoms with Gasteiger partial charge in [-0.2, -0.15) is 0 Å². The number of carbonyl (C=O) groups is 1. The van der Waals surface area contributed by atoms with Gasteiger partial charge in [0.25, 0.3) is 0 Å². The molecule has 0 spiro atoms. The Kier molecular flexibility index (Phi) is 3.08. The Balaban J connectivity index is 2.27. The number of thiophene rings is 1. The van der Waals surface area contributed by atoms with Gasteiger partial charge in [-0.3, -0.25) is 0 Å². The lowest BCUT2D eigenvalue weighted by molar-refractivity contribution is 0.0691. The second kappa shape index (κ2) is 4.77. The third-order valence-electron chi connectivity index (χ3n) is 2.93. The van der Waals surface area contributed by atoms with Crippen LogP contribution in [0.3, 0.4) is 0 Å². The smallest absolute Gasteiger partial charge is 0.356 e. The van der Waals surface area contributed by atoms with Crippen molar-refractivity contribution in [3.8, 4) is 10.6 Å². The number of hydrogen-bond donors (Lipinski definition) is 2. The van der Waals surface area contributed by atoms with Crippen LogP contribution in [0.2, 0.25) is 5.02 Å². The van der Waals surface area contributed by atoms with E-state index in [-0.39, 0.29) is 16.4 Å². The number of anilines is 1. The van der Waals surface area contributed by atoms with Gasteiger partial charge in [0.15, 0.2) is 5.69 Å². The average molecular weight is 305 g/mol. The van der Waals surface area contributed by atoms with Gasteiger partial charge < -0.3 is 10.8 Å². The van der Waals surface area contributed by atoms with E-state index in [0.29, 0.717) is 5.69 Å². The number of benzene rings is 1. The Morgan fingerprint density at radius 2 is 2.10 bits per heavy atom. The van der Waals surface area contributed by atoms with Gasteiger partial charge in [-0.15, -0.1) is 11.3 Å². The molecule has 3 aromatic rings. The SMILES string of the molecule is Nc1cc(-c2scc3ccccc23)nc(C(=O)O)c1Cl. The summed E-state index contributed by atoms with van der Waals surface area (Å²) in [6.45, 7) is 0. The zero-order valence-corrected chi connectivity index (χ0v) is 11.7. The lowest BCUT2D eigenvalue weighted by Gasteiger charge is -2.06. The standard InChI is InChI=1S/C14H9ClN2O2S/c15-11-9(16)5-10(17-12(11)14(18)19)13-8-4-2-1-3-7(8)6-20-13/h1-6H,(H2,16,17)(H,18,19). The number of halogens is 1. The van der Waals surface area contributed by atoms with E-state index in [1.165, 1.54) is 11.3 Å². The summed E-state index contributed by atoms with van der Waals surface area (Å²) in [6, 6.07) is 9.44. The summed E-state index contributed by atoms with van der Waals surface area (Å²) >= 11 is 7.37.